The Morgan fingerprint density at radius 1 is 1.23 bits per heavy atom. The Morgan fingerprint density at radius 2 is 2.03 bits per heavy atom. The molecule has 1 N–H and O–H groups in total. The summed E-state index contributed by atoms with van der Waals surface area (Å²) in [7, 11) is 0. The van der Waals surface area contributed by atoms with Gasteiger partial charge in [-0.2, -0.15) is 4.98 Å². The number of aromatic nitrogens is 2. The number of thiophene rings is 1. The Balaban J connectivity index is 1.38. The highest BCUT2D eigenvalue weighted by molar-refractivity contribution is 7.18. The monoisotopic (exact) mass is 427 g/mol. The van der Waals surface area contributed by atoms with E-state index in [1.54, 1.807) is 19.1 Å². The number of furan rings is 1. The number of aryl methyl sites for hydroxylation is 1. The van der Waals surface area contributed by atoms with E-state index >= 15 is 0 Å². The second-order valence-electron chi connectivity index (χ2n) is 6.15. The second-order valence-corrected chi connectivity index (χ2v) is 7.20. The van der Waals surface area contributed by atoms with Gasteiger partial charge in [-0.3, -0.25) is 4.79 Å². The van der Waals surface area contributed by atoms with Crippen LogP contribution in [0.25, 0.3) is 11.4 Å². The molecule has 0 aliphatic carbocycles. The van der Waals surface area contributed by atoms with Gasteiger partial charge in [-0.1, -0.05) is 5.16 Å². The third-order valence-corrected chi connectivity index (χ3v) is 5.11. The van der Waals surface area contributed by atoms with E-state index in [9.17, 15) is 14.0 Å². The first kappa shape index (κ1) is 19.5. The van der Waals surface area contributed by atoms with Crippen molar-refractivity contribution < 1.29 is 27.7 Å². The molecule has 152 valence electrons. The van der Waals surface area contributed by atoms with Crippen molar-refractivity contribution in [3.63, 3.8) is 0 Å². The molecule has 3 aromatic heterocycles. The molecule has 1 amide bonds. The minimum absolute atomic E-state index is 0.100. The molecule has 0 bridgehead atoms. The van der Waals surface area contributed by atoms with Crippen LogP contribution < -0.4 is 5.32 Å². The van der Waals surface area contributed by atoms with Crippen LogP contribution in [0.5, 0.6) is 0 Å². The molecule has 0 saturated carbocycles. The van der Waals surface area contributed by atoms with Crippen LogP contribution in [-0.4, -0.2) is 22.0 Å². The number of benzene rings is 1. The quantitative estimate of drug-likeness (QED) is 0.453. The van der Waals surface area contributed by atoms with Crippen molar-refractivity contribution in [3.05, 3.63) is 76.6 Å². The Labute approximate surface area is 173 Å². The van der Waals surface area contributed by atoms with Crippen LogP contribution in [0.3, 0.4) is 0 Å². The summed E-state index contributed by atoms with van der Waals surface area (Å²) in [5, 5.41) is 6.95. The molecule has 8 nitrogen and oxygen atoms in total. The average Bonchev–Trinajstić information content (AvgIpc) is 3.48. The molecule has 0 unspecified atom stereocenters. The Kier molecular flexibility index (Phi) is 5.40. The molecule has 3 heterocycles. The smallest absolute Gasteiger partial charge is 0.349 e. The lowest BCUT2D eigenvalue weighted by Gasteiger charge is -2.00. The highest BCUT2D eigenvalue weighted by Gasteiger charge is 2.19. The van der Waals surface area contributed by atoms with Gasteiger partial charge in [0.1, 0.15) is 10.7 Å². The van der Waals surface area contributed by atoms with Gasteiger partial charge in [0.25, 0.3) is 11.8 Å². The molecule has 10 heteroatoms. The lowest BCUT2D eigenvalue weighted by Crippen LogP contribution is -2.09. The van der Waals surface area contributed by atoms with Gasteiger partial charge in [0, 0.05) is 5.56 Å². The number of anilines is 1. The number of nitrogens with zero attached hydrogens (tertiary/aromatic N) is 2. The number of esters is 1. The summed E-state index contributed by atoms with van der Waals surface area (Å²) in [6, 6.07) is 10.4. The van der Waals surface area contributed by atoms with E-state index in [0.29, 0.717) is 21.0 Å². The number of amides is 1. The molecule has 0 saturated heterocycles. The topological polar surface area (TPSA) is 107 Å². The summed E-state index contributed by atoms with van der Waals surface area (Å²) in [5.74, 6) is -0.849. The molecule has 0 spiro atoms. The molecule has 0 aliphatic rings. The zero-order chi connectivity index (χ0) is 21.1. The first-order valence-electron chi connectivity index (χ1n) is 8.70. The SMILES string of the molecule is Cc1cc(NC(=O)c2ccco2)sc1C(=O)OCc1nc(-c2ccc(F)cc2)no1. The molecular weight excluding hydrogens is 413 g/mol. The number of halogens is 1. The summed E-state index contributed by atoms with van der Waals surface area (Å²) in [4.78, 5) is 28.9. The Morgan fingerprint density at radius 3 is 2.77 bits per heavy atom. The summed E-state index contributed by atoms with van der Waals surface area (Å²) in [6.45, 7) is 1.51. The van der Waals surface area contributed by atoms with E-state index in [0.717, 1.165) is 11.3 Å². The van der Waals surface area contributed by atoms with Crippen LogP contribution in [0.15, 0.2) is 57.7 Å². The predicted octanol–water partition coefficient (Wildman–Crippen LogP) is 4.45. The second kappa shape index (κ2) is 8.29. The maximum absolute atomic E-state index is 13.0. The van der Waals surface area contributed by atoms with Crippen molar-refractivity contribution in [2.75, 3.05) is 5.32 Å². The number of hydrogen-bond acceptors (Lipinski definition) is 8. The van der Waals surface area contributed by atoms with Gasteiger partial charge >= 0.3 is 5.97 Å². The zero-order valence-corrected chi connectivity index (χ0v) is 16.4. The third-order valence-electron chi connectivity index (χ3n) is 3.98. The van der Waals surface area contributed by atoms with Gasteiger partial charge in [0.2, 0.25) is 5.82 Å². The van der Waals surface area contributed by atoms with Crippen molar-refractivity contribution in [2.24, 2.45) is 0 Å². The first-order chi connectivity index (χ1) is 14.5. The largest absolute Gasteiger partial charge is 0.459 e. The Bertz CT molecular complexity index is 1180. The summed E-state index contributed by atoms with van der Waals surface area (Å²) >= 11 is 1.08. The highest BCUT2D eigenvalue weighted by Crippen LogP contribution is 2.28. The molecule has 0 aliphatic heterocycles. The highest BCUT2D eigenvalue weighted by atomic mass is 32.1. The van der Waals surface area contributed by atoms with Crippen molar-refractivity contribution >= 4 is 28.2 Å². The zero-order valence-electron chi connectivity index (χ0n) is 15.5. The van der Waals surface area contributed by atoms with Crippen molar-refractivity contribution in [2.45, 2.75) is 13.5 Å². The minimum Gasteiger partial charge on any atom is -0.459 e. The third kappa shape index (κ3) is 4.28. The molecule has 0 atom stereocenters. The van der Waals surface area contributed by atoms with E-state index in [4.69, 9.17) is 13.7 Å². The summed E-state index contributed by atoms with van der Waals surface area (Å²) < 4.78 is 28.4. The molecule has 4 aromatic rings. The van der Waals surface area contributed by atoms with Crippen LogP contribution in [-0.2, 0) is 11.3 Å². The van der Waals surface area contributed by atoms with E-state index in [2.05, 4.69) is 15.5 Å². The predicted molar refractivity (Wildman–Crippen MR) is 105 cm³/mol. The van der Waals surface area contributed by atoms with Gasteiger partial charge in [0.05, 0.1) is 11.3 Å². The van der Waals surface area contributed by atoms with Crippen molar-refractivity contribution in [1.29, 1.82) is 0 Å². The number of carbonyl (C=O) groups excluding carboxylic acids is 2. The van der Waals surface area contributed by atoms with Gasteiger partial charge < -0.3 is 19.0 Å². The minimum atomic E-state index is -0.586. The number of carbonyl (C=O) groups is 2. The fraction of sp³-hybridized carbons (Fsp3) is 0.100. The fourth-order valence-electron chi connectivity index (χ4n) is 2.55. The molecule has 1 aromatic carbocycles. The van der Waals surface area contributed by atoms with E-state index in [1.807, 2.05) is 0 Å². The van der Waals surface area contributed by atoms with E-state index in [1.165, 1.54) is 36.6 Å². The van der Waals surface area contributed by atoms with Crippen LogP contribution in [0.1, 0.15) is 31.7 Å². The maximum atomic E-state index is 13.0. The molecule has 0 radical (unpaired) electrons. The molecular formula is C20H14FN3O5S. The van der Waals surface area contributed by atoms with Crippen molar-refractivity contribution in [3.8, 4) is 11.4 Å². The van der Waals surface area contributed by atoms with Crippen LogP contribution in [0.2, 0.25) is 0 Å². The lowest BCUT2D eigenvalue weighted by molar-refractivity contribution is 0.0434. The van der Waals surface area contributed by atoms with E-state index < -0.39 is 11.9 Å². The number of rotatable bonds is 6. The average molecular weight is 427 g/mol. The van der Waals surface area contributed by atoms with Crippen molar-refractivity contribution in [1.82, 2.24) is 10.1 Å². The summed E-state index contributed by atoms with van der Waals surface area (Å²) in [6.07, 6.45) is 1.40. The lowest BCUT2D eigenvalue weighted by atomic mass is 10.2. The molecule has 30 heavy (non-hydrogen) atoms. The molecule has 4 rings (SSSR count). The standard InChI is InChI=1S/C20H14FN3O5S/c1-11-9-16(23-19(25)14-3-2-8-27-14)30-17(11)20(26)28-10-15-22-18(24-29-15)12-4-6-13(21)7-5-12/h2-9H,10H2,1H3,(H,23,25). The normalized spacial score (nSPS) is 10.7. The number of hydrogen-bond donors (Lipinski definition) is 1. The molecule has 0 fully saturated rings. The maximum Gasteiger partial charge on any atom is 0.349 e. The first-order valence-corrected chi connectivity index (χ1v) is 9.52. The van der Waals surface area contributed by atoms with Crippen LogP contribution in [0.4, 0.5) is 9.39 Å². The summed E-state index contributed by atoms with van der Waals surface area (Å²) in [5.41, 5.74) is 1.22. The van der Waals surface area contributed by atoms with Gasteiger partial charge in [-0.15, -0.1) is 11.3 Å². The van der Waals surface area contributed by atoms with Gasteiger partial charge in [-0.25, -0.2) is 9.18 Å². The van der Waals surface area contributed by atoms with E-state index in [-0.39, 0.29) is 29.9 Å². The van der Waals surface area contributed by atoms with Gasteiger partial charge in [0.15, 0.2) is 12.4 Å². The Hall–Kier alpha value is -3.79. The fourth-order valence-corrected chi connectivity index (χ4v) is 3.51. The van der Waals surface area contributed by atoms with Crippen LogP contribution in [0, 0.1) is 12.7 Å². The van der Waals surface area contributed by atoms with Crippen LogP contribution >= 0.6 is 11.3 Å². The number of ether oxygens (including phenoxy) is 1. The van der Waals surface area contributed by atoms with Gasteiger partial charge in [-0.05, 0) is 55.0 Å². The number of nitrogens with one attached hydrogen (secondary N) is 1.